The van der Waals surface area contributed by atoms with E-state index in [2.05, 4.69) is 0 Å². The zero-order chi connectivity index (χ0) is 6.69. The molecular weight excluding hydrogens is 156 g/mol. The normalized spacial score (nSPS) is 21.9. The molecule has 0 aliphatic heterocycles. The molecule has 9 heavy (non-hydrogen) atoms. The van der Waals surface area contributed by atoms with Crippen molar-refractivity contribution < 1.29 is 4.21 Å². The standard InChI is InChI=1S/C6H11ClOS/c7-9(8)5-1-2-6-3-4-6/h6H,1-5H2. The van der Waals surface area contributed by atoms with E-state index in [9.17, 15) is 4.21 Å². The average molecular weight is 167 g/mol. The van der Waals surface area contributed by atoms with Gasteiger partial charge >= 0.3 is 0 Å². The Morgan fingerprint density at radius 1 is 1.56 bits per heavy atom. The lowest BCUT2D eigenvalue weighted by atomic mass is 10.2. The lowest BCUT2D eigenvalue weighted by Gasteiger charge is -1.91. The van der Waals surface area contributed by atoms with E-state index in [1.54, 1.807) is 0 Å². The van der Waals surface area contributed by atoms with Crippen molar-refractivity contribution in [2.45, 2.75) is 25.7 Å². The molecule has 1 unspecified atom stereocenters. The average Bonchev–Trinajstić information content (AvgIpc) is 2.48. The van der Waals surface area contributed by atoms with Crippen LogP contribution in [0.1, 0.15) is 25.7 Å². The lowest BCUT2D eigenvalue weighted by molar-refractivity contribution is 0.676. The second-order valence-electron chi connectivity index (χ2n) is 2.58. The Morgan fingerprint density at radius 2 is 2.22 bits per heavy atom. The highest BCUT2D eigenvalue weighted by Gasteiger charge is 2.20. The number of rotatable bonds is 4. The Labute approximate surface area is 62.7 Å². The molecule has 0 aromatic rings. The second-order valence-corrected chi connectivity index (χ2v) is 4.60. The molecule has 0 amide bonds. The molecule has 0 bridgehead atoms. The predicted octanol–water partition coefficient (Wildman–Crippen LogP) is 2.08. The number of hydrogen-bond acceptors (Lipinski definition) is 1. The molecule has 1 aliphatic carbocycles. The predicted molar refractivity (Wildman–Crippen MR) is 40.8 cm³/mol. The van der Waals surface area contributed by atoms with Crippen molar-refractivity contribution >= 4 is 20.7 Å². The molecule has 0 radical (unpaired) electrons. The lowest BCUT2D eigenvalue weighted by Crippen LogP contribution is -1.88. The van der Waals surface area contributed by atoms with Gasteiger partial charge in [0, 0.05) is 5.75 Å². The molecule has 1 rings (SSSR count). The summed E-state index contributed by atoms with van der Waals surface area (Å²) in [6.07, 6.45) is 5.04. The molecule has 3 heteroatoms. The van der Waals surface area contributed by atoms with Gasteiger partial charge in [-0.1, -0.05) is 12.8 Å². The Kier molecular flexibility index (Phi) is 2.99. The fourth-order valence-electron chi connectivity index (χ4n) is 0.892. The molecular formula is C6H11ClOS. The van der Waals surface area contributed by atoms with Crippen LogP contribution in [-0.4, -0.2) is 9.96 Å². The molecule has 1 atom stereocenters. The van der Waals surface area contributed by atoms with Gasteiger partial charge in [-0.05, 0) is 29.4 Å². The first-order valence-electron chi connectivity index (χ1n) is 3.33. The first kappa shape index (κ1) is 7.55. The van der Waals surface area contributed by atoms with Crippen LogP contribution in [0.5, 0.6) is 0 Å². The summed E-state index contributed by atoms with van der Waals surface area (Å²) in [5.41, 5.74) is 0. The van der Waals surface area contributed by atoms with Gasteiger partial charge in [-0.15, -0.1) is 0 Å². The molecule has 0 aromatic carbocycles. The van der Waals surface area contributed by atoms with Crippen LogP contribution in [0.3, 0.4) is 0 Å². The van der Waals surface area contributed by atoms with Crippen molar-refractivity contribution in [1.29, 1.82) is 0 Å². The van der Waals surface area contributed by atoms with E-state index in [1.807, 2.05) is 0 Å². The van der Waals surface area contributed by atoms with Gasteiger partial charge in [0.25, 0.3) is 0 Å². The van der Waals surface area contributed by atoms with E-state index < -0.39 is 10.0 Å². The fourth-order valence-corrected chi connectivity index (χ4v) is 1.61. The smallest absolute Gasteiger partial charge is 0.114 e. The molecule has 1 fully saturated rings. The van der Waals surface area contributed by atoms with Crippen LogP contribution in [0.25, 0.3) is 0 Å². The molecule has 0 heterocycles. The van der Waals surface area contributed by atoms with Crippen molar-refractivity contribution in [3.05, 3.63) is 0 Å². The summed E-state index contributed by atoms with van der Waals surface area (Å²) in [7, 11) is 4.17. The van der Waals surface area contributed by atoms with E-state index in [0.717, 1.165) is 12.3 Å². The molecule has 1 saturated carbocycles. The first-order valence-corrected chi connectivity index (χ1v) is 5.48. The Hall–Kier alpha value is 0.440. The highest BCUT2D eigenvalue weighted by molar-refractivity contribution is 8.08. The molecule has 0 aromatic heterocycles. The van der Waals surface area contributed by atoms with Crippen molar-refractivity contribution in [2.75, 3.05) is 5.75 Å². The van der Waals surface area contributed by atoms with Gasteiger partial charge in [-0.25, -0.2) is 4.21 Å². The molecule has 54 valence electrons. The van der Waals surface area contributed by atoms with Gasteiger partial charge in [0.05, 0.1) is 0 Å². The van der Waals surface area contributed by atoms with Crippen molar-refractivity contribution in [2.24, 2.45) is 5.92 Å². The Morgan fingerprint density at radius 3 is 2.67 bits per heavy atom. The Bertz CT molecular complexity index is 112. The summed E-state index contributed by atoms with van der Waals surface area (Å²) in [6, 6.07) is 0. The minimum absolute atomic E-state index is 0.679. The van der Waals surface area contributed by atoms with Crippen LogP contribution in [0.15, 0.2) is 0 Å². The summed E-state index contributed by atoms with van der Waals surface area (Å²) in [6.45, 7) is 0. The minimum Gasteiger partial charge on any atom is -0.243 e. The zero-order valence-corrected chi connectivity index (χ0v) is 6.88. The maximum absolute atomic E-state index is 10.3. The molecule has 1 nitrogen and oxygen atoms in total. The van der Waals surface area contributed by atoms with Crippen LogP contribution >= 0.6 is 10.7 Å². The van der Waals surface area contributed by atoms with Crippen LogP contribution in [0.4, 0.5) is 0 Å². The van der Waals surface area contributed by atoms with E-state index in [1.165, 1.54) is 19.3 Å². The van der Waals surface area contributed by atoms with Gasteiger partial charge < -0.3 is 0 Å². The molecule has 0 N–H and O–H groups in total. The monoisotopic (exact) mass is 166 g/mol. The molecule has 0 saturated heterocycles. The second kappa shape index (κ2) is 3.57. The zero-order valence-electron chi connectivity index (χ0n) is 5.31. The minimum atomic E-state index is -1.08. The van der Waals surface area contributed by atoms with Gasteiger partial charge in [-0.2, -0.15) is 0 Å². The van der Waals surface area contributed by atoms with Crippen molar-refractivity contribution in [3.8, 4) is 0 Å². The first-order chi connectivity index (χ1) is 4.29. The van der Waals surface area contributed by atoms with Crippen LogP contribution in [0.2, 0.25) is 0 Å². The van der Waals surface area contributed by atoms with Crippen molar-refractivity contribution in [1.82, 2.24) is 0 Å². The van der Waals surface area contributed by atoms with Gasteiger partial charge in [0.15, 0.2) is 0 Å². The summed E-state index contributed by atoms with van der Waals surface area (Å²) in [5, 5.41) is 0. The third-order valence-corrected chi connectivity index (χ3v) is 2.69. The fraction of sp³-hybridized carbons (Fsp3) is 1.00. The summed E-state index contributed by atoms with van der Waals surface area (Å²) >= 11 is 0. The quantitative estimate of drug-likeness (QED) is 0.585. The Balaban J connectivity index is 1.86. The third-order valence-electron chi connectivity index (χ3n) is 1.61. The largest absolute Gasteiger partial charge is 0.243 e. The van der Waals surface area contributed by atoms with Gasteiger partial charge in [0.2, 0.25) is 0 Å². The van der Waals surface area contributed by atoms with Gasteiger partial charge in [0.1, 0.15) is 10.0 Å². The summed E-state index contributed by atoms with van der Waals surface area (Å²) in [4.78, 5) is 0. The van der Waals surface area contributed by atoms with Gasteiger partial charge in [-0.3, -0.25) is 0 Å². The highest BCUT2D eigenvalue weighted by Crippen LogP contribution is 2.33. The van der Waals surface area contributed by atoms with E-state index in [4.69, 9.17) is 10.7 Å². The summed E-state index contributed by atoms with van der Waals surface area (Å²) < 4.78 is 10.3. The van der Waals surface area contributed by atoms with E-state index in [0.29, 0.717) is 5.75 Å². The SMILES string of the molecule is O=S(Cl)CCCC1CC1. The molecule has 1 aliphatic rings. The molecule has 0 spiro atoms. The number of hydrogen-bond donors (Lipinski definition) is 0. The van der Waals surface area contributed by atoms with Crippen LogP contribution in [0, 0.1) is 5.92 Å². The maximum Gasteiger partial charge on any atom is 0.114 e. The van der Waals surface area contributed by atoms with Crippen LogP contribution in [-0.2, 0) is 10.0 Å². The van der Waals surface area contributed by atoms with E-state index >= 15 is 0 Å². The van der Waals surface area contributed by atoms with Crippen LogP contribution < -0.4 is 0 Å². The third kappa shape index (κ3) is 3.93. The summed E-state index contributed by atoms with van der Waals surface area (Å²) in [5.74, 6) is 1.63. The topological polar surface area (TPSA) is 17.1 Å². The van der Waals surface area contributed by atoms with E-state index in [-0.39, 0.29) is 0 Å². The maximum atomic E-state index is 10.3. The number of halogens is 1. The highest BCUT2D eigenvalue weighted by atomic mass is 35.7. The van der Waals surface area contributed by atoms with Crippen molar-refractivity contribution in [3.63, 3.8) is 0 Å².